The topological polar surface area (TPSA) is 46.9 Å². The van der Waals surface area contributed by atoms with Gasteiger partial charge >= 0.3 is 0 Å². The van der Waals surface area contributed by atoms with Crippen LogP contribution in [0, 0.1) is 0 Å². The first-order chi connectivity index (χ1) is 10.6. The first-order valence-corrected chi connectivity index (χ1v) is 8.45. The van der Waals surface area contributed by atoms with Gasteiger partial charge in [-0.1, -0.05) is 6.07 Å². The molecule has 112 valence electrons. The highest BCUT2D eigenvalue weighted by Gasteiger charge is 2.12. The average molecular weight is 376 g/mol. The molecule has 0 spiro atoms. The molecule has 0 aliphatic carbocycles. The van der Waals surface area contributed by atoms with Crippen LogP contribution in [0.3, 0.4) is 0 Å². The molecular formula is C16H14BrN3OS. The highest BCUT2D eigenvalue weighted by Crippen LogP contribution is 2.19. The van der Waals surface area contributed by atoms with Crippen molar-refractivity contribution in [3.8, 4) is 5.69 Å². The number of amides is 1. The van der Waals surface area contributed by atoms with Crippen molar-refractivity contribution in [3.05, 3.63) is 69.1 Å². The van der Waals surface area contributed by atoms with Crippen LogP contribution in [-0.4, -0.2) is 15.7 Å². The zero-order chi connectivity index (χ0) is 15.5. The monoisotopic (exact) mass is 375 g/mol. The van der Waals surface area contributed by atoms with E-state index in [4.69, 9.17) is 0 Å². The number of aromatic nitrogens is 2. The van der Waals surface area contributed by atoms with Crippen molar-refractivity contribution in [1.82, 2.24) is 15.1 Å². The van der Waals surface area contributed by atoms with Gasteiger partial charge in [0.1, 0.15) is 0 Å². The SMILES string of the molecule is C[C@@H](NC(=O)c1ccc(-n2cc(Br)cn2)cc1)c1cccs1. The molecule has 0 unspecified atom stereocenters. The fourth-order valence-electron chi connectivity index (χ4n) is 2.10. The van der Waals surface area contributed by atoms with Gasteiger partial charge in [-0.3, -0.25) is 4.79 Å². The van der Waals surface area contributed by atoms with Gasteiger partial charge in [-0.05, 0) is 58.6 Å². The average Bonchev–Trinajstić information content (AvgIpc) is 3.18. The van der Waals surface area contributed by atoms with Gasteiger partial charge in [-0.25, -0.2) is 4.68 Å². The summed E-state index contributed by atoms with van der Waals surface area (Å²) in [7, 11) is 0. The second-order valence-electron chi connectivity index (χ2n) is 4.86. The van der Waals surface area contributed by atoms with Crippen molar-refractivity contribution < 1.29 is 4.79 Å². The first-order valence-electron chi connectivity index (χ1n) is 6.78. The Bertz CT molecular complexity index is 765. The number of benzene rings is 1. The van der Waals surface area contributed by atoms with Gasteiger partial charge < -0.3 is 5.32 Å². The maximum absolute atomic E-state index is 12.3. The number of carbonyl (C=O) groups excluding carboxylic acids is 1. The second-order valence-corrected chi connectivity index (χ2v) is 6.76. The lowest BCUT2D eigenvalue weighted by atomic mass is 10.1. The van der Waals surface area contributed by atoms with Gasteiger partial charge in [0.05, 0.1) is 22.4 Å². The summed E-state index contributed by atoms with van der Waals surface area (Å²) in [5, 5.41) is 9.23. The summed E-state index contributed by atoms with van der Waals surface area (Å²) >= 11 is 5.01. The summed E-state index contributed by atoms with van der Waals surface area (Å²) in [6, 6.07) is 11.4. The molecule has 4 nitrogen and oxygen atoms in total. The maximum Gasteiger partial charge on any atom is 0.251 e. The van der Waals surface area contributed by atoms with Crippen LogP contribution in [-0.2, 0) is 0 Å². The van der Waals surface area contributed by atoms with Crippen molar-refractivity contribution in [2.75, 3.05) is 0 Å². The summed E-state index contributed by atoms with van der Waals surface area (Å²) in [5.74, 6) is -0.0749. The molecule has 0 bridgehead atoms. The zero-order valence-corrected chi connectivity index (χ0v) is 14.3. The Labute approximate surface area is 140 Å². The molecule has 1 atom stereocenters. The molecule has 0 radical (unpaired) electrons. The highest BCUT2D eigenvalue weighted by atomic mass is 79.9. The minimum absolute atomic E-state index is 0.00856. The third kappa shape index (κ3) is 3.28. The van der Waals surface area contributed by atoms with Crippen LogP contribution in [0.5, 0.6) is 0 Å². The molecule has 6 heteroatoms. The predicted octanol–water partition coefficient (Wildman–Crippen LogP) is 4.19. The quantitative estimate of drug-likeness (QED) is 0.742. The Morgan fingerprint density at radius 1 is 1.32 bits per heavy atom. The van der Waals surface area contributed by atoms with Gasteiger partial charge in [-0.2, -0.15) is 5.10 Å². The second kappa shape index (κ2) is 6.46. The molecule has 2 aromatic heterocycles. The number of nitrogens with zero attached hydrogens (tertiary/aromatic N) is 2. The third-order valence-electron chi connectivity index (χ3n) is 3.26. The van der Waals surface area contributed by atoms with E-state index in [9.17, 15) is 4.79 Å². The molecular weight excluding hydrogens is 362 g/mol. The summed E-state index contributed by atoms with van der Waals surface area (Å²) in [6.45, 7) is 1.99. The number of hydrogen-bond acceptors (Lipinski definition) is 3. The molecule has 0 aliphatic rings. The summed E-state index contributed by atoms with van der Waals surface area (Å²) in [6.07, 6.45) is 3.59. The maximum atomic E-state index is 12.3. The van der Waals surface area contributed by atoms with Crippen LogP contribution in [0.4, 0.5) is 0 Å². The number of rotatable bonds is 4. The van der Waals surface area contributed by atoms with E-state index in [1.807, 2.05) is 42.8 Å². The van der Waals surface area contributed by atoms with E-state index in [-0.39, 0.29) is 11.9 Å². The van der Waals surface area contributed by atoms with Crippen LogP contribution in [0.25, 0.3) is 5.69 Å². The van der Waals surface area contributed by atoms with E-state index in [1.54, 1.807) is 34.3 Å². The summed E-state index contributed by atoms with van der Waals surface area (Å²) < 4.78 is 2.67. The molecule has 0 fully saturated rings. The molecule has 1 N–H and O–H groups in total. The number of hydrogen-bond donors (Lipinski definition) is 1. The molecule has 2 heterocycles. The minimum Gasteiger partial charge on any atom is -0.345 e. The zero-order valence-electron chi connectivity index (χ0n) is 11.9. The number of halogens is 1. The Hall–Kier alpha value is -1.92. The lowest BCUT2D eigenvalue weighted by Crippen LogP contribution is -2.26. The smallest absolute Gasteiger partial charge is 0.251 e. The van der Waals surface area contributed by atoms with Crippen molar-refractivity contribution in [1.29, 1.82) is 0 Å². The Morgan fingerprint density at radius 3 is 2.68 bits per heavy atom. The van der Waals surface area contributed by atoms with Crippen molar-refractivity contribution >= 4 is 33.2 Å². The molecule has 3 rings (SSSR count). The molecule has 0 saturated carbocycles. The van der Waals surface area contributed by atoms with E-state index < -0.39 is 0 Å². The number of carbonyl (C=O) groups is 1. The van der Waals surface area contributed by atoms with Crippen LogP contribution in [0.2, 0.25) is 0 Å². The minimum atomic E-state index is -0.0749. The van der Waals surface area contributed by atoms with E-state index in [1.165, 1.54) is 0 Å². The van der Waals surface area contributed by atoms with E-state index in [2.05, 4.69) is 26.3 Å². The Kier molecular flexibility index (Phi) is 4.40. The fourth-order valence-corrected chi connectivity index (χ4v) is 3.12. The van der Waals surface area contributed by atoms with Crippen LogP contribution in [0.1, 0.15) is 28.2 Å². The van der Waals surface area contributed by atoms with Gasteiger partial charge in [0, 0.05) is 16.6 Å². The largest absolute Gasteiger partial charge is 0.345 e. The molecule has 3 aromatic rings. The Balaban J connectivity index is 1.71. The number of thiophene rings is 1. The van der Waals surface area contributed by atoms with Crippen molar-refractivity contribution in [2.24, 2.45) is 0 Å². The molecule has 1 amide bonds. The van der Waals surface area contributed by atoms with E-state index in [0.29, 0.717) is 5.56 Å². The van der Waals surface area contributed by atoms with Crippen LogP contribution >= 0.6 is 27.3 Å². The normalized spacial score (nSPS) is 12.1. The van der Waals surface area contributed by atoms with Crippen molar-refractivity contribution in [3.63, 3.8) is 0 Å². The standard InChI is InChI=1S/C16H14BrN3OS/c1-11(15-3-2-8-22-15)19-16(21)12-4-6-14(7-5-12)20-10-13(17)9-18-20/h2-11H,1H3,(H,19,21)/t11-/m1/s1. The first kappa shape index (κ1) is 15.0. The number of nitrogens with one attached hydrogen (secondary N) is 1. The summed E-state index contributed by atoms with van der Waals surface area (Å²) in [5.41, 5.74) is 1.55. The van der Waals surface area contributed by atoms with Crippen LogP contribution < -0.4 is 5.32 Å². The van der Waals surface area contributed by atoms with E-state index >= 15 is 0 Å². The molecule has 0 aliphatic heterocycles. The van der Waals surface area contributed by atoms with Gasteiger partial charge in [-0.15, -0.1) is 11.3 Å². The van der Waals surface area contributed by atoms with Gasteiger partial charge in [0.25, 0.3) is 5.91 Å². The highest BCUT2D eigenvalue weighted by molar-refractivity contribution is 9.10. The van der Waals surface area contributed by atoms with Gasteiger partial charge in [0.15, 0.2) is 0 Å². The van der Waals surface area contributed by atoms with Gasteiger partial charge in [0.2, 0.25) is 0 Å². The lowest BCUT2D eigenvalue weighted by molar-refractivity contribution is 0.0940. The van der Waals surface area contributed by atoms with E-state index in [0.717, 1.165) is 15.0 Å². The Morgan fingerprint density at radius 2 is 2.09 bits per heavy atom. The molecule has 1 aromatic carbocycles. The van der Waals surface area contributed by atoms with Crippen molar-refractivity contribution in [2.45, 2.75) is 13.0 Å². The summed E-state index contributed by atoms with van der Waals surface area (Å²) in [4.78, 5) is 13.4. The molecule has 0 saturated heterocycles. The fraction of sp³-hybridized carbons (Fsp3) is 0.125. The predicted molar refractivity (Wildman–Crippen MR) is 91.5 cm³/mol. The van der Waals surface area contributed by atoms with Crippen LogP contribution in [0.15, 0.2) is 58.6 Å². The lowest BCUT2D eigenvalue weighted by Gasteiger charge is -2.12. The third-order valence-corrected chi connectivity index (χ3v) is 4.73. The molecule has 22 heavy (non-hydrogen) atoms.